The van der Waals surface area contributed by atoms with Crippen LogP contribution in [0.1, 0.15) is 12.1 Å². The fourth-order valence-corrected chi connectivity index (χ4v) is 1.69. The maximum atomic E-state index is 13.4. The molecule has 2 aromatic rings. The van der Waals surface area contributed by atoms with Gasteiger partial charge in [0, 0.05) is 12.3 Å². The number of nitrogens with one attached hydrogen (secondary N) is 2. The minimum Gasteiger partial charge on any atom is -0.350 e. The van der Waals surface area contributed by atoms with Crippen molar-refractivity contribution in [2.75, 3.05) is 5.32 Å². The summed E-state index contributed by atoms with van der Waals surface area (Å²) in [7, 11) is 0. The van der Waals surface area contributed by atoms with E-state index in [1.54, 1.807) is 24.4 Å². The van der Waals surface area contributed by atoms with Crippen molar-refractivity contribution in [1.29, 1.82) is 0 Å². The summed E-state index contributed by atoms with van der Waals surface area (Å²) in [5.41, 5.74) is 0.477. The maximum absolute atomic E-state index is 13.4. The van der Waals surface area contributed by atoms with Crippen LogP contribution >= 0.6 is 0 Å². The van der Waals surface area contributed by atoms with E-state index in [9.17, 15) is 18.4 Å². The summed E-state index contributed by atoms with van der Waals surface area (Å²) in [5, 5.41) is 4.73. The molecular formula is C15H13F2N3O2. The molecule has 0 unspecified atom stereocenters. The fourth-order valence-electron chi connectivity index (χ4n) is 1.69. The molecule has 2 N–H and O–H groups in total. The van der Waals surface area contributed by atoms with Crippen molar-refractivity contribution in [3.05, 3.63) is 59.9 Å². The molecule has 0 saturated carbocycles. The molecule has 1 aromatic heterocycles. The van der Waals surface area contributed by atoms with Crippen molar-refractivity contribution in [2.24, 2.45) is 0 Å². The Hall–Kier alpha value is -2.83. The summed E-state index contributed by atoms with van der Waals surface area (Å²) < 4.78 is 26.1. The van der Waals surface area contributed by atoms with E-state index < -0.39 is 29.9 Å². The van der Waals surface area contributed by atoms with Crippen molar-refractivity contribution in [3.63, 3.8) is 0 Å². The topological polar surface area (TPSA) is 71.1 Å². The fraction of sp³-hybridized carbons (Fsp3) is 0.133. The number of hydrogen-bond acceptors (Lipinski definition) is 3. The van der Waals surface area contributed by atoms with Crippen LogP contribution in [-0.4, -0.2) is 16.8 Å². The number of anilines is 1. The Morgan fingerprint density at radius 1 is 1.09 bits per heavy atom. The molecule has 1 aromatic carbocycles. The van der Waals surface area contributed by atoms with Crippen LogP contribution in [0.3, 0.4) is 0 Å². The zero-order chi connectivity index (χ0) is 15.9. The van der Waals surface area contributed by atoms with Gasteiger partial charge < -0.3 is 10.6 Å². The third-order valence-corrected chi connectivity index (χ3v) is 2.72. The average molecular weight is 305 g/mol. The SMILES string of the molecule is O=C(CC(=O)Nc1ccc(F)cc1F)NCc1ccccn1. The predicted molar refractivity (Wildman–Crippen MR) is 75.7 cm³/mol. The number of pyridine rings is 1. The van der Waals surface area contributed by atoms with Crippen LogP contribution in [0.2, 0.25) is 0 Å². The molecular weight excluding hydrogens is 292 g/mol. The van der Waals surface area contributed by atoms with Crippen LogP contribution in [0, 0.1) is 11.6 Å². The molecule has 0 bridgehead atoms. The zero-order valence-corrected chi connectivity index (χ0v) is 11.5. The predicted octanol–water partition coefficient (Wildman–Crippen LogP) is 2.00. The highest BCUT2D eigenvalue weighted by atomic mass is 19.1. The standard InChI is InChI=1S/C15H13F2N3O2/c16-10-4-5-13(12(17)7-10)20-15(22)8-14(21)19-9-11-3-1-2-6-18-11/h1-7H,8-9H2,(H,19,21)(H,20,22). The highest BCUT2D eigenvalue weighted by Crippen LogP contribution is 2.14. The Morgan fingerprint density at radius 2 is 1.91 bits per heavy atom. The molecule has 0 radical (unpaired) electrons. The van der Waals surface area contributed by atoms with E-state index in [0.29, 0.717) is 11.8 Å². The van der Waals surface area contributed by atoms with Gasteiger partial charge in [0.05, 0.1) is 17.9 Å². The van der Waals surface area contributed by atoms with Gasteiger partial charge in [0.1, 0.15) is 18.1 Å². The van der Waals surface area contributed by atoms with Crippen LogP contribution in [0.25, 0.3) is 0 Å². The number of nitrogens with zero attached hydrogens (tertiary/aromatic N) is 1. The highest BCUT2D eigenvalue weighted by molar-refractivity contribution is 6.03. The first-order chi connectivity index (χ1) is 10.5. The van der Waals surface area contributed by atoms with E-state index in [-0.39, 0.29) is 12.2 Å². The molecule has 0 atom stereocenters. The lowest BCUT2D eigenvalue weighted by Gasteiger charge is -2.07. The van der Waals surface area contributed by atoms with Gasteiger partial charge in [-0.05, 0) is 24.3 Å². The summed E-state index contributed by atoms with van der Waals surface area (Å²) in [4.78, 5) is 27.2. The largest absolute Gasteiger partial charge is 0.350 e. The number of benzene rings is 1. The van der Waals surface area contributed by atoms with Crippen molar-refractivity contribution in [2.45, 2.75) is 13.0 Å². The Bertz CT molecular complexity index is 678. The number of rotatable bonds is 5. The van der Waals surface area contributed by atoms with E-state index in [2.05, 4.69) is 15.6 Å². The number of halogens is 2. The molecule has 0 spiro atoms. The number of hydrogen-bond donors (Lipinski definition) is 2. The second-order valence-electron chi connectivity index (χ2n) is 4.45. The van der Waals surface area contributed by atoms with E-state index in [1.807, 2.05) is 0 Å². The highest BCUT2D eigenvalue weighted by Gasteiger charge is 2.12. The third-order valence-electron chi connectivity index (χ3n) is 2.72. The normalized spacial score (nSPS) is 10.1. The van der Waals surface area contributed by atoms with Gasteiger partial charge in [-0.1, -0.05) is 6.07 Å². The molecule has 1 heterocycles. The Labute approximate surface area is 125 Å². The van der Waals surface area contributed by atoms with E-state index in [0.717, 1.165) is 12.1 Å². The molecule has 2 amide bonds. The average Bonchev–Trinajstić information content (AvgIpc) is 2.49. The number of carbonyl (C=O) groups is 2. The van der Waals surface area contributed by atoms with Crippen LogP contribution in [0.5, 0.6) is 0 Å². The maximum Gasteiger partial charge on any atom is 0.233 e. The van der Waals surface area contributed by atoms with E-state index in [4.69, 9.17) is 0 Å². The van der Waals surface area contributed by atoms with Gasteiger partial charge in [-0.2, -0.15) is 0 Å². The summed E-state index contributed by atoms with van der Waals surface area (Å²) in [6.07, 6.45) is 1.12. The lowest BCUT2D eigenvalue weighted by molar-refractivity contribution is -0.126. The van der Waals surface area contributed by atoms with Crippen LogP contribution in [-0.2, 0) is 16.1 Å². The molecule has 0 aliphatic carbocycles. The third kappa shape index (κ3) is 4.62. The molecule has 5 nitrogen and oxygen atoms in total. The summed E-state index contributed by atoms with van der Waals surface area (Å²) in [6.45, 7) is 0.192. The zero-order valence-electron chi connectivity index (χ0n) is 11.5. The molecule has 0 saturated heterocycles. The minimum absolute atomic E-state index is 0.177. The monoisotopic (exact) mass is 305 g/mol. The second-order valence-corrected chi connectivity index (χ2v) is 4.45. The first-order valence-corrected chi connectivity index (χ1v) is 6.46. The van der Waals surface area contributed by atoms with Crippen LogP contribution in [0.15, 0.2) is 42.6 Å². The van der Waals surface area contributed by atoms with E-state index >= 15 is 0 Å². The molecule has 22 heavy (non-hydrogen) atoms. The molecule has 0 aliphatic rings. The molecule has 7 heteroatoms. The van der Waals surface area contributed by atoms with Gasteiger partial charge >= 0.3 is 0 Å². The molecule has 2 rings (SSSR count). The Morgan fingerprint density at radius 3 is 2.59 bits per heavy atom. The summed E-state index contributed by atoms with van der Waals surface area (Å²) in [5.74, 6) is -2.86. The Kier molecular flexibility index (Phi) is 5.13. The van der Waals surface area contributed by atoms with Gasteiger partial charge in [0.2, 0.25) is 11.8 Å². The number of aromatic nitrogens is 1. The summed E-state index contributed by atoms with van der Waals surface area (Å²) in [6, 6.07) is 8.01. The van der Waals surface area contributed by atoms with Gasteiger partial charge in [-0.15, -0.1) is 0 Å². The van der Waals surface area contributed by atoms with Crippen molar-refractivity contribution < 1.29 is 18.4 Å². The lowest BCUT2D eigenvalue weighted by Crippen LogP contribution is -2.28. The van der Waals surface area contributed by atoms with Crippen LogP contribution in [0.4, 0.5) is 14.5 Å². The second kappa shape index (κ2) is 7.26. The molecule has 0 fully saturated rings. The first-order valence-electron chi connectivity index (χ1n) is 6.46. The quantitative estimate of drug-likeness (QED) is 0.830. The first kappa shape index (κ1) is 15.6. The van der Waals surface area contributed by atoms with Gasteiger partial charge in [0.15, 0.2) is 0 Å². The number of carbonyl (C=O) groups excluding carboxylic acids is 2. The number of amides is 2. The molecule has 114 valence electrons. The summed E-state index contributed by atoms with van der Waals surface area (Å²) >= 11 is 0. The van der Waals surface area contributed by atoms with Gasteiger partial charge in [-0.3, -0.25) is 14.6 Å². The molecule has 0 aliphatic heterocycles. The van der Waals surface area contributed by atoms with Crippen molar-refractivity contribution >= 4 is 17.5 Å². The van der Waals surface area contributed by atoms with E-state index in [1.165, 1.54) is 0 Å². The minimum atomic E-state index is -0.901. The van der Waals surface area contributed by atoms with Gasteiger partial charge in [-0.25, -0.2) is 8.78 Å². The Balaban J connectivity index is 1.82. The van der Waals surface area contributed by atoms with Gasteiger partial charge in [0.25, 0.3) is 0 Å². The van der Waals surface area contributed by atoms with Crippen LogP contribution < -0.4 is 10.6 Å². The smallest absolute Gasteiger partial charge is 0.233 e. The lowest BCUT2D eigenvalue weighted by atomic mass is 10.2. The van der Waals surface area contributed by atoms with Crippen molar-refractivity contribution in [3.8, 4) is 0 Å². The van der Waals surface area contributed by atoms with Crippen molar-refractivity contribution in [1.82, 2.24) is 10.3 Å².